The molecule has 0 saturated carbocycles. The molecule has 0 unspecified atom stereocenters. The summed E-state index contributed by atoms with van der Waals surface area (Å²) < 4.78 is 6.89. The van der Waals surface area contributed by atoms with E-state index in [0.717, 1.165) is 87.9 Å². The van der Waals surface area contributed by atoms with Crippen LogP contribution < -0.4 is 0 Å². The van der Waals surface area contributed by atoms with Crippen molar-refractivity contribution in [1.82, 2.24) is 15.0 Å². The van der Waals surface area contributed by atoms with Crippen molar-refractivity contribution in [3.05, 3.63) is 223 Å². The molecule has 0 N–H and O–H groups in total. The quantitative estimate of drug-likeness (QED) is 0.168. The zero-order chi connectivity index (χ0) is 39.4. The molecule has 0 spiro atoms. The van der Waals surface area contributed by atoms with Crippen molar-refractivity contribution in [2.75, 3.05) is 0 Å². The summed E-state index contributed by atoms with van der Waals surface area (Å²) in [6.07, 6.45) is 1.84. The van der Waals surface area contributed by atoms with Crippen LogP contribution in [0.3, 0.4) is 0 Å². The molecule has 0 aliphatic heterocycles. The number of furan rings is 1. The Morgan fingerprint density at radius 1 is 0.433 bits per heavy atom. The van der Waals surface area contributed by atoms with Crippen molar-refractivity contribution in [3.8, 4) is 33.6 Å². The molecule has 4 heteroatoms. The van der Waals surface area contributed by atoms with Gasteiger partial charge in [0.1, 0.15) is 11.2 Å². The number of benzene rings is 8. The maximum absolute atomic E-state index is 6.89. The zero-order valence-corrected chi connectivity index (χ0v) is 32.3. The summed E-state index contributed by atoms with van der Waals surface area (Å²) in [6.45, 7) is 0. The van der Waals surface area contributed by atoms with E-state index in [-0.39, 0.29) is 0 Å². The van der Waals surface area contributed by atoms with Crippen LogP contribution in [0.1, 0.15) is 22.3 Å². The van der Waals surface area contributed by atoms with Crippen molar-refractivity contribution in [2.24, 2.45) is 0 Å². The molecule has 0 fully saturated rings. The predicted molar refractivity (Wildman–Crippen MR) is 245 cm³/mol. The van der Waals surface area contributed by atoms with E-state index in [1.54, 1.807) is 0 Å². The van der Waals surface area contributed by atoms with E-state index in [0.29, 0.717) is 0 Å². The van der Waals surface area contributed by atoms with Crippen molar-refractivity contribution in [1.29, 1.82) is 0 Å². The van der Waals surface area contributed by atoms with Gasteiger partial charge < -0.3 is 4.42 Å². The van der Waals surface area contributed by atoms with Gasteiger partial charge in [0.2, 0.25) is 0 Å². The highest BCUT2D eigenvalue weighted by molar-refractivity contribution is 6.30. The van der Waals surface area contributed by atoms with Crippen LogP contribution in [0.5, 0.6) is 0 Å². The van der Waals surface area contributed by atoms with E-state index in [1.165, 1.54) is 33.4 Å². The molecular weight excluding hydrogens is 731 g/mol. The number of hydrogen-bond donors (Lipinski definition) is 0. The lowest BCUT2D eigenvalue weighted by Crippen LogP contribution is -2.28. The molecule has 0 radical (unpaired) electrons. The molecule has 1 aliphatic rings. The average molecular weight is 764 g/mol. The van der Waals surface area contributed by atoms with Gasteiger partial charge in [-0.1, -0.05) is 158 Å². The summed E-state index contributed by atoms with van der Waals surface area (Å²) in [7, 11) is 0. The molecule has 4 aromatic heterocycles. The number of nitrogens with zero attached hydrogens (tertiary/aromatic N) is 3. The number of fused-ring (bicyclic) bond motifs is 13. The molecule has 12 aromatic rings. The van der Waals surface area contributed by atoms with Crippen molar-refractivity contribution in [3.63, 3.8) is 0 Å². The smallest absolute Gasteiger partial charge is 0.145 e. The number of aromatic nitrogens is 3. The number of hydrogen-bond acceptors (Lipinski definition) is 4. The van der Waals surface area contributed by atoms with Crippen molar-refractivity contribution >= 4 is 65.4 Å². The third-order valence-electron chi connectivity index (χ3n) is 12.7. The molecule has 8 aromatic carbocycles. The standard InChI is InChI=1S/C56H33N3O/c1-3-15-37(16-4-1)56(38-17-5-2-6-18-38)45-22-10-7-19-39(45)40-29-27-36(32-46(40)56)52-44-33-43(48-30-28-35-26-25-34-14-13-31-57-53(34)54(35)59-48)55-51(42-21-9-12-24-49(42)60-55)50(44)41-20-8-11-23-47(41)58-52/h1-33H. The molecule has 60 heavy (non-hydrogen) atoms. The molecule has 0 saturated heterocycles. The highest BCUT2D eigenvalue weighted by Gasteiger charge is 2.46. The fraction of sp³-hybridized carbons (Fsp3) is 0.0179. The van der Waals surface area contributed by atoms with Gasteiger partial charge in [-0.15, -0.1) is 0 Å². The topological polar surface area (TPSA) is 51.8 Å². The fourth-order valence-electron chi connectivity index (χ4n) is 10.2. The van der Waals surface area contributed by atoms with E-state index in [9.17, 15) is 0 Å². The lowest BCUT2D eigenvalue weighted by Gasteiger charge is -2.34. The highest BCUT2D eigenvalue weighted by atomic mass is 16.3. The van der Waals surface area contributed by atoms with Crippen LogP contribution >= 0.6 is 0 Å². The minimum absolute atomic E-state index is 0.540. The van der Waals surface area contributed by atoms with Crippen LogP contribution in [-0.4, -0.2) is 15.0 Å². The van der Waals surface area contributed by atoms with Gasteiger partial charge in [-0.2, -0.15) is 0 Å². The van der Waals surface area contributed by atoms with Crippen LogP contribution in [0.2, 0.25) is 0 Å². The van der Waals surface area contributed by atoms with Gasteiger partial charge in [0.05, 0.1) is 33.4 Å². The molecule has 13 rings (SSSR count). The fourth-order valence-corrected chi connectivity index (χ4v) is 10.2. The van der Waals surface area contributed by atoms with Crippen LogP contribution in [0.15, 0.2) is 205 Å². The first-order valence-corrected chi connectivity index (χ1v) is 20.4. The highest BCUT2D eigenvalue weighted by Crippen LogP contribution is 2.57. The van der Waals surface area contributed by atoms with Gasteiger partial charge in [-0.3, -0.25) is 4.98 Å². The van der Waals surface area contributed by atoms with Crippen LogP contribution in [0.4, 0.5) is 0 Å². The Balaban J connectivity index is 1.16. The Kier molecular flexibility index (Phi) is 6.90. The first kappa shape index (κ1) is 33.1. The van der Waals surface area contributed by atoms with Crippen LogP contribution in [-0.2, 0) is 5.41 Å². The van der Waals surface area contributed by atoms with E-state index in [4.69, 9.17) is 19.4 Å². The Morgan fingerprint density at radius 2 is 1.12 bits per heavy atom. The largest absolute Gasteiger partial charge is 0.455 e. The first-order valence-electron chi connectivity index (χ1n) is 20.4. The van der Waals surface area contributed by atoms with Gasteiger partial charge in [-0.05, 0) is 69.8 Å². The maximum Gasteiger partial charge on any atom is 0.145 e. The van der Waals surface area contributed by atoms with Gasteiger partial charge in [0.15, 0.2) is 0 Å². The number of para-hydroxylation sites is 2. The second kappa shape index (κ2) is 12.5. The lowest BCUT2D eigenvalue weighted by molar-refractivity contribution is 0.670. The summed E-state index contributed by atoms with van der Waals surface area (Å²) in [5, 5.41) is 7.46. The SMILES string of the molecule is c1ccc(C2(c3ccccc3)c3ccccc3-c3ccc(-c4nc5ccccc5c5c4cc(-c4ccc6ccc7cccnc7c6n4)c4oc6ccccc6c45)cc32)cc1. The third kappa shape index (κ3) is 4.53. The molecular formula is C56H33N3O. The Labute approximate surface area is 345 Å². The molecule has 0 amide bonds. The monoisotopic (exact) mass is 763 g/mol. The van der Waals surface area contributed by atoms with Crippen LogP contribution in [0.25, 0.3) is 99.1 Å². The van der Waals surface area contributed by atoms with Crippen LogP contribution in [0, 0.1) is 0 Å². The van der Waals surface area contributed by atoms with Gasteiger partial charge >= 0.3 is 0 Å². The maximum atomic E-state index is 6.89. The number of rotatable bonds is 4. The molecule has 0 atom stereocenters. The predicted octanol–water partition coefficient (Wildman–Crippen LogP) is 14.1. The third-order valence-corrected chi connectivity index (χ3v) is 12.7. The van der Waals surface area contributed by atoms with E-state index < -0.39 is 5.41 Å². The normalized spacial score (nSPS) is 13.1. The Bertz CT molecular complexity index is 3680. The van der Waals surface area contributed by atoms with E-state index in [1.807, 2.05) is 18.3 Å². The Hall–Kier alpha value is -7.95. The van der Waals surface area contributed by atoms with Crippen molar-refractivity contribution in [2.45, 2.75) is 5.41 Å². The van der Waals surface area contributed by atoms with E-state index >= 15 is 0 Å². The number of pyridine rings is 3. The average Bonchev–Trinajstić information content (AvgIpc) is 3.85. The molecule has 0 bridgehead atoms. The molecule has 4 heterocycles. The van der Waals surface area contributed by atoms with Gasteiger partial charge in [0.25, 0.3) is 0 Å². The van der Waals surface area contributed by atoms with Gasteiger partial charge in [-0.25, -0.2) is 9.97 Å². The van der Waals surface area contributed by atoms with Gasteiger partial charge in [0, 0.05) is 55.0 Å². The second-order valence-corrected chi connectivity index (χ2v) is 15.8. The van der Waals surface area contributed by atoms with Crippen molar-refractivity contribution < 1.29 is 4.42 Å². The summed E-state index contributed by atoms with van der Waals surface area (Å²) in [5.74, 6) is 0. The minimum Gasteiger partial charge on any atom is -0.455 e. The summed E-state index contributed by atoms with van der Waals surface area (Å²) >= 11 is 0. The van der Waals surface area contributed by atoms with E-state index in [2.05, 4.69) is 182 Å². The summed E-state index contributed by atoms with van der Waals surface area (Å²) in [6, 6.07) is 69.5. The molecule has 1 aliphatic carbocycles. The zero-order valence-electron chi connectivity index (χ0n) is 32.3. The first-order chi connectivity index (χ1) is 29.8. The molecule has 278 valence electrons. The second-order valence-electron chi connectivity index (χ2n) is 15.8. The summed E-state index contributed by atoms with van der Waals surface area (Å²) in [5.41, 5.74) is 15.0. The lowest BCUT2D eigenvalue weighted by atomic mass is 9.67. The molecule has 4 nitrogen and oxygen atoms in total. The Morgan fingerprint density at radius 3 is 1.95 bits per heavy atom. The minimum atomic E-state index is -0.540. The summed E-state index contributed by atoms with van der Waals surface area (Å²) in [4.78, 5) is 15.7.